The number of hydrogen-bond donors (Lipinski definition) is 1. The number of rotatable bonds is 5. The Kier molecular flexibility index (Phi) is 6.45. The van der Waals surface area contributed by atoms with E-state index in [1.165, 1.54) is 0 Å². The van der Waals surface area contributed by atoms with Gasteiger partial charge in [0, 0.05) is 30.5 Å². The Bertz CT molecular complexity index is 857. The van der Waals surface area contributed by atoms with E-state index in [0.29, 0.717) is 24.2 Å². The summed E-state index contributed by atoms with van der Waals surface area (Å²) in [5.41, 5.74) is 1.02. The quantitative estimate of drug-likeness (QED) is 0.813. The molecule has 1 aromatic carbocycles. The summed E-state index contributed by atoms with van der Waals surface area (Å²) in [5.74, 6) is 5.64. The number of ether oxygens (including phenoxy) is 1. The molecule has 0 unspecified atom stereocenters. The molecule has 0 spiro atoms. The molecule has 3 rings (SSSR count). The predicted octanol–water partition coefficient (Wildman–Crippen LogP) is 3.03. The Morgan fingerprint density at radius 2 is 2.18 bits per heavy atom. The molecule has 28 heavy (non-hydrogen) atoms. The maximum absolute atomic E-state index is 13.2. The maximum atomic E-state index is 13.2. The number of carbonyl (C=O) groups is 1. The molecule has 5 heteroatoms. The van der Waals surface area contributed by atoms with Crippen molar-refractivity contribution >= 4 is 5.91 Å². The summed E-state index contributed by atoms with van der Waals surface area (Å²) >= 11 is 0. The van der Waals surface area contributed by atoms with Crippen LogP contribution in [-0.4, -0.2) is 45.8 Å². The average molecular weight is 378 g/mol. The van der Waals surface area contributed by atoms with E-state index < -0.39 is 5.60 Å². The predicted molar refractivity (Wildman–Crippen MR) is 108 cm³/mol. The first-order chi connectivity index (χ1) is 13.4. The van der Waals surface area contributed by atoms with Crippen LogP contribution in [0.25, 0.3) is 0 Å². The lowest BCUT2D eigenvalue weighted by Crippen LogP contribution is -2.37. The summed E-state index contributed by atoms with van der Waals surface area (Å²) in [7, 11) is 0. The molecule has 1 fully saturated rings. The van der Waals surface area contributed by atoms with Crippen LogP contribution in [0.2, 0.25) is 0 Å². The van der Waals surface area contributed by atoms with E-state index in [9.17, 15) is 9.90 Å². The van der Waals surface area contributed by atoms with Crippen LogP contribution in [0, 0.1) is 11.8 Å². The van der Waals surface area contributed by atoms with Gasteiger partial charge in [-0.1, -0.05) is 24.0 Å². The van der Waals surface area contributed by atoms with Gasteiger partial charge < -0.3 is 14.7 Å². The normalized spacial score (nSPS) is 16.3. The second kappa shape index (κ2) is 9.01. The van der Waals surface area contributed by atoms with Gasteiger partial charge in [0.05, 0.1) is 18.3 Å². The molecule has 1 amide bonds. The number of nitrogens with zero attached hydrogens (tertiary/aromatic N) is 2. The zero-order valence-electron chi connectivity index (χ0n) is 16.4. The minimum absolute atomic E-state index is 0.0609. The van der Waals surface area contributed by atoms with E-state index in [-0.39, 0.29) is 12.0 Å². The third kappa shape index (κ3) is 5.91. The number of amides is 1. The van der Waals surface area contributed by atoms with Gasteiger partial charge in [-0.3, -0.25) is 9.78 Å². The summed E-state index contributed by atoms with van der Waals surface area (Å²) in [4.78, 5) is 19.4. The van der Waals surface area contributed by atoms with Crippen LogP contribution in [0.5, 0.6) is 0 Å². The second-order valence-electron chi connectivity index (χ2n) is 7.53. The number of aromatic nitrogens is 1. The van der Waals surface area contributed by atoms with E-state index in [0.717, 1.165) is 25.1 Å². The highest BCUT2D eigenvalue weighted by molar-refractivity contribution is 5.94. The van der Waals surface area contributed by atoms with Crippen molar-refractivity contribution in [2.75, 3.05) is 13.2 Å². The van der Waals surface area contributed by atoms with Gasteiger partial charge in [-0.05, 0) is 57.0 Å². The Morgan fingerprint density at radius 3 is 2.86 bits per heavy atom. The third-order valence-electron chi connectivity index (χ3n) is 4.44. The van der Waals surface area contributed by atoms with Gasteiger partial charge in [0.2, 0.25) is 0 Å². The van der Waals surface area contributed by atoms with Crippen LogP contribution in [0.15, 0.2) is 48.7 Å². The molecule has 1 N–H and O–H groups in total. The standard InChI is InChI=1S/C23H26N2O3/c1-23(2,27)12-11-18-7-5-8-19(15-18)22(26)25(17-21-10-6-14-28-21)16-20-9-3-4-13-24-20/h3-5,7-9,13,15,21,27H,6,10,14,16-17H2,1-2H3/t21-/m1/s1. The molecule has 0 radical (unpaired) electrons. The van der Waals surface area contributed by atoms with Gasteiger partial charge in [0.1, 0.15) is 5.60 Å². The lowest BCUT2D eigenvalue weighted by atomic mass is 10.1. The molecule has 2 heterocycles. The van der Waals surface area contributed by atoms with Crippen LogP contribution in [-0.2, 0) is 11.3 Å². The lowest BCUT2D eigenvalue weighted by Gasteiger charge is -2.25. The van der Waals surface area contributed by atoms with Gasteiger partial charge in [-0.25, -0.2) is 0 Å². The average Bonchev–Trinajstić information content (AvgIpc) is 3.19. The number of benzene rings is 1. The first-order valence-electron chi connectivity index (χ1n) is 9.57. The van der Waals surface area contributed by atoms with Crippen molar-refractivity contribution in [1.82, 2.24) is 9.88 Å². The Morgan fingerprint density at radius 1 is 1.32 bits per heavy atom. The molecule has 1 aliphatic heterocycles. The fourth-order valence-electron chi connectivity index (χ4n) is 3.08. The number of pyridine rings is 1. The van der Waals surface area contributed by atoms with Crippen molar-refractivity contribution in [3.8, 4) is 11.8 Å². The van der Waals surface area contributed by atoms with Crippen molar-refractivity contribution in [1.29, 1.82) is 0 Å². The lowest BCUT2D eigenvalue weighted by molar-refractivity contribution is 0.0504. The van der Waals surface area contributed by atoms with E-state index in [2.05, 4.69) is 16.8 Å². The largest absolute Gasteiger partial charge is 0.378 e. The van der Waals surface area contributed by atoms with Crippen molar-refractivity contribution in [3.63, 3.8) is 0 Å². The number of aliphatic hydroxyl groups is 1. The molecule has 1 saturated heterocycles. The first-order valence-corrected chi connectivity index (χ1v) is 9.57. The summed E-state index contributed by atoms with van der Waals surface area (Å²) in [5, 5.41) is 9.80. The molecule has 0 saturated carbocycles. The van der Waals surface area contributed by atoms with Gasteiger partial charge in [0.15, 0.2) is 0 Å². The van der Waals surface area contributed by atoms with Crippen LogP contribution in [0.1, 0.15) is 48.3 Å². The smallest absolute Gasteiger partial charge is 0.254 e. The Balaban J connectivity index is 1.82. The maximum Gasteiger partial charge on any atom is 0.254 e. The van der Waals surface area contributed by atoms with Crippen molar-refractivity contribution in [2.45, 2.75) is 44.9 Å². The molecule has 2 aromatic rings. The zero-order valence-corrected chi connectivity index (χ0v) is 16.4. The highest BCUT2D eigenvalue weighted by Gasteiger charge is 2.24. The van der Waals surface area contributed by atoms with Gasteiger partial charge in [-0.2, -0.15) is 0 Å². The van der Waals surface area contributed by atoms with Crippen LogP contribution in [0.4, 0.5) is 0 Å². The molecule has 1 atom stereocenters. The summed E-state index contributed by atoms with van der Waals surface area (Å²) in [6.07, 6.45) is 3.78. The SMILES string of the molecule is CC(C)(O)C#Cc1cccc(C(=O)N(Cc2ccccn2)C[C@H]2CCCO2)c1. The minimum atomic E-state index is -1.08. The first kappa shape index (κ1) is 20.1. The third-order valence-corrected chi connectivity index (χ3v) is 4.44. The molecular formula is C23H26N2O3. The van der Waals surface area contributed by atoms with Gasteiger partial charge in [0.25, 0.3) is 5.91 Å². The number of carbonyl (C=O) groups excluding carboxylic acids is 1. The van der Waals surface area contributed by atoms with Crippen molar-refractivity contribution < 1.29 is 14.6 Å². The van der Waals surface area contributed by atoms with Crippen LogP contribution >= 0.6 is 0 Å². The van der Waals surface area contributed by atoms with Crippen molar-refractivity contribution in [3.05, 3.63) is 65.5 Å². The van der Waals surface area contributed by atoms with E-state index in [1.807, 2.05) is 30.3 Å². The van der Waals surface area contributed by atoms with Crippen LogP contribution < -0.4 is 0 Å². The van der Waals surface area contributed by atoms with Crippen molar-refractivity contribution in [2.24, 2.45) is 0 Å². The molecule has 1 aromatic heterocycles. The topological polar surface area (TPSA) is 62.7 Å². The molecule has 5 nitrogen and oxygen atoms in total. The highest BCUT2D eigenvalue weighted by Crippen LogP contribution is 2.17. The van der Waals surface area contributed by atoms with Gasteiger partial charge >= 0.3 is 0 Å². The summed E-state index contributed by atoms with van der Waals surface area (Å²) < 4.78 is 5.74. The highest BCUT2D eigenvalue weighted by atomic mass is 16.5. The van der Waals surface area contributed by atoms with E-state index in [4.69, 9.17) is 4.74 Å². The fourth-order valence-corrected chi connectivity index (χ4v) is 3.08. The van der Waals surface area contributed by atoms with Gasteiger partial charge in [-0.15, -0.1) is 0 Å². The molecule has 146 valence electrons. The molecule has 0 aliphatic carbocycles. The number of hydrogen-bond acceptors (Lipinski definition) is 4. The second-order valence-corrected chi connectivity index (χ2v) is 7.53. The Labute approximate surface area is 166 Å². The molecule has 1 aliphatic rings. The molecule has 0 bridgehead atoms. The zero-order chi connectivity index (χ0) is 20.0. The monoisotopic (exact) mass is 378 g/mol. The van der Waals surface area contributed by atoms with Crippen LogP contribution in [0.3, 0.4) is 0 Å². The Hall–Kier alpha value is -2.68. The summed E-state index contributed by atoms with van der Waals surface area (Å²) in [6.45, 7) is 4.97. The fraction of sp³-hybridized carbons (Fsp3) is 0.391. The van der Waals surface area contributed by atoms with E-state index >= 15 is 0 Å². The molecular weight excluding hydrogens is 352 g/mol. The van der Waals surface area contributed by atoms with E-state index in [1.54, 1.807) is 37.1 Å². The minimum Gasteiger partial charge on any atom is -0.378 e. The summed E-state index contributed by atoms with van der Waals surface area (Å²) in [6, 6.07) is 12.9.